The highest BCUT2D eigenvalue weighted by molar-refractivity contribution is 5.54. The fraction of sp³-hybridized carbons (Fsp3) is 0.400. The predicted octanol–water partition coefficient (Wildman–Crippen LogP) is 4.25. The zero-order valence-electron chi connectivity index (χ0n) is 14.5. The summed E-state index contributed by atoms with van der Waals surface area (Å²) in [5.41, 5.74) is 2.44. The van der Waals surface area contributed by atoms with Crippen molar-refractivity contribution in [2.24, 2.45) is 0 Å². The molecule has 25 heavy (non-hydrogen) atoms. The fourth-order valence-corrected chi connectivity index (χ4v) is 3.24. The van der Waals surface area contributed by atoms with Gasteiger partial charge in [-0.2, -0.15) is 0 Å². The van der Waals surface area contributed by atoms with Crippen LogP contribution in [0.25, 0.3) is 0 Å². The van der Waals surface area contributed by atoms with Gasteiger partial charge in [-0.15, -0.1) is 0 Å². The average molecular weight is 346 g/mol. The van der Waals surface area contributed by atoms with Crippen LogP contribution in [0.2, 0.25) is 0 Å². The van der Waals surface area contributed by atoms with Gasteiger partial charge in [-0.3, -0.25) is 0 Å². The lowest BCUT2D eigenvalue weighted by Gasteiger charge is -2.22. The van der Waals surface area contributed by atoms with Crippen molar-refractivity contribution in [3.05, 3.63) is 59.2 Å². The van der Waals surface area contributed by atoms with Gasteiger partial charge in [0.15, 0.2) is 11.6 Å². The highest BCUT2D eigenvalue weighted by Gasteiger charge is 2.17. The maximum Gasteiger partial charge on any atom is 0.165 e. The van der Waals surface area contributed by atoms with Crippen molar-refractivity contribution in [2.75, 3.05) is 24.6 Å². The number of ether oxygens (including phenoxy) is 1. The number of anilines is 1. The second-order valence-corrected chi connectivity index (χ2v) is 6.23. The van der Waals surface area contributed by atoms with Crippen molar-refractivity contribution < 1.29 is 13.5 Å². The zero-order valence-corrected chi connectivity index (χ0v) is 14.5. The molecule has 0 spiro atoms. The van der Waals surface area contributed by atoms with E-state index in [1.807, 2.05) is 19.1 Å². The molecule has 1 fully saturated rings. The van der Waals surface area contributed by atoms with Gasteiger partial charge in [-0.05, 0) is 49.6 Å². The summed E-state index contributed by atoms with van der Waals surface area (Å²) in [6.07, 6.45) is 2.30. The van der Waals surface area contributed by atoms with Gasteiger partial charge in [0.1, 0.15) is 5.82 Å². The molecule has 1 heterocycles. The topological polar surface area (TPSA) is 24.5 Å². The highest BCUT2D eigenvalue weighted by Crippen LogP contribution is 2.26. The molecule has 0 unspecified atom stereocenters. The summed E-state index contributed by atoms with van der Waals surface area (Å²) in [6.45, 7) is 5.08. The summed E-state index contributed by atoms with van der Waals surface area (Å²) in [5, 5.41) is 3.23. The zero-order chi connectivity index (χ0) is 17.6. The first-order valence-electron chi connectivity index (χ1n) is 8.83. The van der Waals surface area contributed by atoms with E-state index in [1.54, 1.807) is 12.1 Å². The highest BCUT2D eigenvalue weighted by atomic mass is 19.1. The van der Waals surface area contributed by atoms with Gasteiger partial charge in [0.25, 0.3) is 0 Å². The molecule has 1 N–H and O–H groups in total. The van der Waals surface area contributed by atoms with Crippen molar-refractivity contribution in [3.8, 4) is 5.75 Å². The fourth-order valence-electron chi connectivity index (χ4n) is 3.24. The van der Waals surface area contributed by atoms with E-state index < -0.39 is 0 Å². The monoisotopic (exact) mass is 346 g/mol. The van der Waals surface area contributed by atoms with Crippen LogP contribution in [0.5, 0.6) is 5.75 Å². The maximum atomic E-state index is 14.3. The number of rotatable bonds is 7. The molecular weight excluding hydrogens is 322 g/mol. The quantitative estimate of drug-likeness (QED) is 0.811. The Hall–Kier alpha value is -2.14. The Morgan fingerprint density at radius 2 is 1.84 bits per heavy atom. The number of benzene rings is 2. The van der Waals surface area contributed by atoms with E-state index in [4.69, 9.17) is 4.74 Å². The van der Waals surface area contributed by atoms with Crippen LogP contribution in [0.3, 0.4) is 0 Å². The molecule has 5 heteroatoms. The minimum atomic E-state index is -0.371. The molecule has 1 aliphatic heterocycles. The first-order chi connectivity index (χ1) is 12.2. The molecular formula is C20H24F2N2O. The van der Waals surface area contributed by atoms with E-state index >= 15 is 0 Å². The molecule has 0 atom stereocenters. The van der Waals surface area contributed by atoms with Gasteiger partial charge in [0.2, 0.25) is 0 Å². The summed E-state index contributed by atoms with van der Waals surface area (Å²) in [5.74, 6) is -0.309. The Morgan fingerprint density at radius 1 is 1.04 bits per heavy atom. The predicted molar refractivity (Wildman–Crippen MR) is 96.0 cm³/mol. The van der Waals surface area contributed by atoms with Crippen molar-refractivity contribution in [1.29, 1.82) is 0 Å². The molecule has 1 aliphatic rings. The minimum Gasteiger partial charge on any atom is -0.491 e. The molecule has 0 bridgehead atoms. The lowest BCUT2D eigenvalue weighted by atomic mass is 10.1. The van der Waals surface area contributed by atoms with E-state index in [2.05, 4.69) is 10.2 Å². The van der Waals surface area contributed by atoms with E-state index in [-0.39, 0.29) is 17.4 Å². The standard InChI is InChI=1S/C20H24F2N2O/c1-2-25-20-9-8-15(12-18(20)22)13-23-14-16-17(21)6-5-7-19(16)24-10-3-4-11-24/h5-9,12,23H,2-4,10-11,13-14H2,1H3. The normalized spacial score (nSPS) is 14.1. The van der Waals surface area contributed by atoms with E-state index in [0.717, 1.165) is 37.2 Å². The Balaban J connectivity index is 1.65. The largest absolute Gasteiger partial charge is 0.491 e. The van der Waals surface area contributed by atoms with Gasteiger partial charge in [0, 0.05) is 37.4 Å². The van der Waals surface area contributed by atoms with Crippen LogP contribution >= 0.6 is 0 Å². The summed E-state index contributed by atoms with van der Waals surface area (Å²) >= 11 is 0. The van der Waals surface area contributed by atoms with Gasteiger partial charge in [-0.1, -0.05) is 12.1 Å². The molecule has 134 valence electrons. The third kappa shape index (κ3) is 4.28. The third-order valence-electron chi connectivity index (χ3n) is 4.47. The summed E-state index contributed by atoms with van der Waals surface area (Å²) in [7, 11) is 0. The molecule has 0 amide bonds. The Labute approximate surface area is 147 Å². The second kappa shape index (κ2) is 8.30. The van der Waals surface area contributed by atoms with Gasteiger partial charge < -0.3 is 15.0 Å². The molecule has 1 saturated heterocycles. The van der Waals surface area contributed by atoms with Crippen molar-refractivity contribution >= 4 is 5.69 Å². The van der Waals surface area contributed by atoms with Gasteiger partial charge in [0.05, 0.1) is 6.61 Å². The number of nitrogens with zero attached hydrogens (tertiary/aromatic N) is 1. The number of halogens is 2. The molecule has 0 saturated carbocycles. The molecule has 2 aromatic rings. The number of nitrogens with one attached hydrogen (secondary N) is 1. The average Bonchev–Trinajstić information content (AvgIpc) is 3.13. The molecule has 3 nitrogen and oxygen atoms in total. The first-order valence-corrected chi connectivity index (χ1v) is 8.83. The molecule has 2 aromatic carbocycles. The van der Waals surface area contributed by atoms with Gasteiger partial charge in [-0.25, -0.2) is 8.78 Å². The van der Waals surface area contributed by atoms with E-state index in [1.165, 1.54) is 12.1 Å². The first kappa shape index (κ1) is 17.7. The van der Waals surface area contributed by atoms with Gasteiger partial charge >= 0.3 is 0 Å². The van der Waals surface area contributed by atoms with Crippen LogP contribution in [0.4, 0.5) is 14.5 Å². The van der Waals surface area contributed by atoms with Crippen molar-refractivity contribution in [2.45, 2.75) is 32.9 Å². The Morgan fingerprint density at radius 3 is 2.56 bits per heavy atom. The molecule has 3 rings (SSSR count). The lowest BCUT2D eigenvalue weighted by Crippen LogP contribution is -2.22. The van der Waals surface area contributed by atoms with Crippen LogP contribution in [-0.2, 0) is 13.1 Å². The summed E-state index contributed by atoms with van der Waals surface area (Å²) < 4.78 is 33.4. The van der Waals surface area contributed by atoms with Crippen LogP contribution in [0, 0.1) is 11.6 Å². The van der Waals surface area contributed by atoms with Crippen LogP contribution in [-0.4, -0.2) is 19.7 Å². The second-order valence-electron chi connectivity index (χ2n) is 6.23. The number of hydrogen-bond acceptors (Lipinski definition) is 3. The van der Waals surface area contributed by atoms with Crippen LogP contribution in [0.15, 0.2) is 36.4 Å². The van der Waals surface area contributed by atoms with Crippen molar-refractivity contribution in [1.82, 2.24) is 5.32 Å². The van der Waals surface area contributed by atoms with E-state index in [9.17, 15) is 8.78 Å². The van der Waals surface area contributed by atoms with Crippen molar-refractivity contribution in [3.63, 3.8) is 0 Å². The number of hydrogen-bond donors (Lipinski definition) is 1. The smallest absolute Gasteiger partial charge is 0.165 e. The molecule has 0 radical (unpaired) electrons. The van der Waals surface area contributed by atoms with Crippen LogP contribution < -0.4 is 15.0 Å². The minimum absolute atomic E-state index is 0.199. The lowest BCUT2D eigenvalue weighted by molar-refractivity contribution is 0.321. The third-order valence-corrected chi connectivity index (χ3v) is 4.47. The summed E-state index contributed by atoms with van der Waals surface area (Å²) in [4.78, 5) is 2.23. The van der Waals surface area contributed by atoms with Crippen LogP contribution in [0.1, 0.15) is 30.9 Å². The summed E-state index contributed by atoms with van der Waals surface area (Å²) in [6, 6.07) is 10.1. The van der Waals surface area contributed by atoms with E-state index in [0.29, 0.717) is 25.3 Å². The molecule has 0 aliphatic carbocycles. The SMILES string of the molecule is CCOc1ccc(CNCc2c(F)cccc2N2CCCC2)cc1F. The maximum absolute atomic E-state index is 14.3. The molecule has 0 aromatic heterocycles. The Bertz CT molecular complexity index is 715. The Kier molecular flexibility index (Phi) is 5.87.